The molecule has 0 aliphatic carbocycles. The van der Waals surface area contributed by atoms with Crippen LogP contribution in [0.15, 0.2) is 54.6 Å². The summed E-state index contributed by atoms with van der Waals surface area (Å²) in [5.41, 5.74) is 0.668. The van der Waals surface area contributed by atoms with E-state index in [1.165, 1.54) is 32.1 Å². The van der Waals surface area contributed by atoms with Crippen LogP contribution in [-0.2, 0) is 0 Å². The molecule has 0 aliphatic heterocycles. The zero-order valence-corrected chi connectivity index (χ0v) is 14.5. The maximum absolute atomic E-state index is 12.1. The fourth-order valence-corrected chi connectivity index (χ4v) is 2.51. The van der Waals surface area contributed by atoms with Crippen molar-refractivity contribution in [2.45, 2.75) is 45.4 Å². The molecule has 0 unspecified atom stereocenters. The number of benzene rings is 2. The number of carbonyl (C=O) groups excluding carboxylic acids is 1. The Morgan fingerprint density at radius 2 is 1.46 bits per heavy atom. The highest BCUT2D eigenvalue weighted by Crippen LogP contribution is 2.21. The summed E-state index contributed by atoms with van der Waals surface area (Å²) in [6.45, 7) is 2.96. The van der Waals surface area contributed by atoms with E-state index in [0.29, 0.717) is 5.56 Å². The summed E-state index contributed by atoms with van der Waals surface area (Å²) < 4.78 is 5.73. The molecule has 0 fully saturated rings. The van der Waals surface area contributed by atoms with Gasteiger partial charge in [-0.05, 0) is 42.8 Å². The van der Waals surface area contributed by atoms with Gasteiger partial charge in [0.05, 0.1) is 0 Å². The molecular formula is C21H27NO2. The molecule has 24 heavy (non-hydrogen) atoms. The zero-order chi connectivity index (χ0) is 17.0. The first-order valence-corrected chi connectivity index (χ1v) is 8.91. The van der Waals surface area contributed by atoms with E-state index in [1.807, 2.05) is 42.5 Å². The molecule has 1 N–H and O–H groups in total. The third kappa shape index (κ3) is 6.45. The Hall–Kier alpha value is -2.29. The monoisotopic (exact) mass is 325 g/mol. The number of unbranched alkanes of at least 4 members (excludes halogenated alkanes) is 5. The predicted molar refractivity (Wildman–Crippen MR) is 98.7 cm³/mol. The fourth-order valence-electron chi connectivity index (χ4n) is 2.51. The fraction of sp³-hybridized carbons (Fsp3) is 0.381. The van der Waals surface area contributed by atoms with Crippen molar-refractivity contribution < 1.29 is 9.53 Å². The highest BCUT2D eigenvalue weighted by Gasteiger charge is 2.05. The third-order valence-corrected chi connectivity index (χ3v) is 3.91. The van der Waals surface area contributed by atoms with Crippen molar-refractivity contribution in [3.8, 4) is 11.5 Å². The van der Waals surface area contributed by atoms with Crippen LogP contribution in [0.2, 0.25) is 0 Å². The van der Waals surface area contributed by atoms with Crippen molar-refractivity contribution in [1.82, 2.24) is 5.32 Å². The highest BCUT2D eigenvalue weighted by atomic mass is 16.5. The number of carbonyl (C=O) groups is 1. The van der Waals surface area contributed by atoms with Gasteiger partial charge in [0.15, 0.2) is 0 Å². The largest absolute Gasteiger partial charge is 0.457 e. The van der Waals surface area contributed by atoms with Crippen LogP contribution in [0, 0.1) is 0 Å². The van der Waals surface area contributed by atoms with E-state index in [9.17, 15) is 4.79 Å². The van der Waals surface area contributed by atoms with Crippen LogP contribution < -0.4 is 10.1 Å². The summed E-state index contributed by atoms with van der Waals surface area (Å²) >= 11 is 0. The Morgan fingerprint density at radius 3 is 2.17 bits per heavy atom. The molecule has 3 heteroatoms. The molecule has 0 atom stereocenters. The van der Waals surface area contributed by atoms with Gasteiger partial charge in [-0.15, -0.1) is 0 Å². The first-order valence-electron chi connectivity index (χ1n) is 8.91. The van der Waals surface area contributed by atoms with Gasteiger partial charge < -0.3 is 10.1 Å². The van der Waals surface area contributed by atoms with E-state index in [0.717, 1.165) is 24.5 Å². The second-order valence-corrected chi connectivity index (χ2v) is 5.96. The van der Waals surface area contributed by atoms with Crippen molar-refractivity contribution >= 4 is 5.91 Å². The standard InChI is InChI=1S/C21H27NO2/c1-2-3-4-5-6-10-17-22-21(23)18-13-15-20(16-14-18)24-19-11-8-7-9-12-19/h7-9,11-16H,2-6,10,17H2,1H3,(H,22,23). The topological polar surface area (TPSA) is 38.3 Å². The molecule has 0 spiro atoms. The first kappa shape index (κ1) is 18.1. The van der Waals surface area contributed by atoms with Gasteiger partial charge in [0, 0.05) is 12.1 Å². The van der Waals surface area contributed by atoms with E-state index in [4.69, 9.17) is 4.74 Å². The average molecular weight is 325 g/mol. The molecule has 2 rings (SSSR count). The first-order chi connectivity index (χ1) is 11.8. The highest BCUT2D eigenvalue weighted by molar-refractivity contribution is 5.94. The number of rotatable bonds is 10. The van der Waals surface area contributed by atoms with Gasteiger partial charge in [-0.3, -0.25) is 4.79 Å². The number of ether oxygens (including phenoxy) is 1. The van der Waals surface area contributed by atoms with Crippen LogP contribution in [0.3, 0.4) is 0 Å². The molecule has 0 heterocycles. The Bertz CT molecular complexity index is 593. The summed E-state index contributed by atoms with van der Waals surface area (Å²) in [5.74, 6) is 1.50. The van der Waals surface area contributed by atoms with Gasteiger partial charge in [-0.2, -0.15) is 0 Å². The van der Waals surface area contributed by atoms with Crippen molar-refractivity contribution in [3.63, 3.8) is 0 Å². The predicted octanol–water partition coefficient (Wildman–Crippen LogP) is 5.57. The van der Waals surface area contributed by atoms with Gasteiger partial charge in [0.25, 0.3) is 5.91 Å². The van der Waals surface area contributed by atoms with Crippen LogP contribution in [-0.4, -0.2) is 12.5 Å². The summed E-state index contributed by atoms with van der Waals surface area (Å²) in [7, 11) is 0. The van der Waals surface area contributed by atoms with Crippen LogP contribution in [0.5, 0.6) is 11.5 Å². The normalized spacial score (nSPS) is 10.4. The second-order valence-electron chi connectivity index (χ2n) is 5.96. The Morgan fingerprint density at radius 1 is 0.833 bits per heavy atom. The smallest absolute Gasteiger partial charge is 0.251 e. The zero-order valence-electron chi connectivity index (χ0n) is 14.5. The molecule has 2 aromatic carbocycles. The van der Waals surface area contributed by atoms with Gasteiger partial charge >= 0.3 is 0 Å². The maximum Gasteiger partial charge on any atom is 0.251 e. The molecule has 1 amide bonds. The molecule has 0 bridgehead atoms. The van der Waals surface area contributed by atoms with Crippen molar-refractivity contribution in [1.29, 1.82) is 0 Å². The van der Waals surface area contributed by atoms with Crippen LogP contribution in [0.25, 0.3) is 0 Å². The number of nitrogens with one attached hydrogen (secondary N) is 1. The molecule has 0 aliphatic rings. The lowest BCUT2D eigenvalue weighted by atomic mass is 10.1. The Balaban J connectivity index is 1.71. The molecule has 2 aromatic rings. The molecule has 0 saturated carbocycles. The Labute approximate surface area is 145 Å². The van der Waals surface area contributed by atoms with E-state index in [-0.39, 0.29) is 5.91 Å². The minimum absolute atomic E-state index is 0.0187. The van der Waals surface area contributed by atoms with Crippen LogP contribution >= 0.6 is 0 Å². The van der Waals surface area contributed by atoms with Gasteiger partial charge in [0.2, 0.25) is 0 Å². The van der Waals surface area contributed by atoms with Gasteiger partial charge in [-0.25, -0.2) is 0 Å². The SMILES string of the molecule is CCCCCCCCNC(=O)c1ccc(Oc2ccccc2)cc1. The molecule has 0 aromatic heterocycles. The average Bonchev–Trinajstić information content (AvgIpc) is 2.62. The van der Waals surface area contributed by atoms with Crippen molar-refractivity contribution in [2.75, 3.05) is 6.54 Å². The van der Waals surface area contributed by atoms with Crippen molar-refractivity contribution in [3.05, 3.63) is 60.2 Å². The number of para-hydroxylation sites is 1. The number of hydrogen-bond acceptors (Lipinski definition) is 2. The molecule has 3 nitrogen and oxygen atoms in total. The van der Waals surface area contributed by atoms with Crippen LogP contribution in [0.4, 0.5) is 0 Å². The lowest BCUT2D eigenvalue weighted by Gasteiger charge is -2.08. The van der Waals surface area contributed by atoms with E-state index in [1.54, 1.807) is 12.1 Å². The van der Waals surface area contributed by atoms with E-state index < -0.39 is 0 Å². The lowest BCUT2D eigenvalue weighted by molar-refractivity contribution is 0.0953. The summed E-state index contributed by atoms with van der Waals surface area (Å²) in [6, 6.07) is 16.9. The molecular weight excluding hydrogens is 298 g/mol. The molecule has 0 radical (unpaired) electrons. The summed E-state index contributed by atoms with van der Waals surface area (Å²) in [5, 5.41) is 2.98. The maximum atomic E-state index is 12.1. The minimum atomic E-state index is -0.0187. The lowest BCUT2D eigenvalue weighted by Crippen LogP contribution is -2.24. The quantitative estimate of drug-likeness (QED) is 0.580. The van der Waals surface area contributed by atoms with Crippen LogP contribution in [0.1, 0.15) is 55.8 Å². The molecule has 0 saturated heterocycles. The minimum Gasteiger partial charge on any atom is -0.457 e. The second kappa shape index (κ2) is 10.5. The third-order valence-electron chi connectivity index (χ3n) is 3.91. The molecule has 128 valence electrons. The number of hydrogen-bond donors (Lipinski definition) is 1. The summed E-state index contributed by atoms with van der Waals surface area (Å²) in [4.78, 5) is 12.1. The summed E-state index contributed by atoms with van der Waals surface area (Å²) in [6.07, 6.45) is 7.36. The van der Waals surface area contributed by atoms with E-state index >= 15 is 0 Å². The van der Waals surface area contributed by atoms with Gasteiger partial charge in [-0.1, -0.05) is 57.2 Å². The Kier molecular flexibility index (Phi) is 7.88. The van der Waals surface area contributed by atoms with E-state index in [2.05, 4.69) is 12.2 Å². The van der Waals surface area contributed by atoms with Gasteiger partial charge in [0.1, 0.15) is 11.5 Å². The van der Waals surface area contributed by atoms with Crippen molar-refractivity contribution in [2.24, 2.45) is 0 Å². The number of amides is 1.